The van der Waals surface area contributed by atoms with Gasteiger partial charge in [0.25, 0.3) is 0 Å². The van der Waals surface area contributed by atoms with E-state index in [0.717, 1.165) is 16.8 Å². The highest BCUT2D eigenvalue weighted by atomic mass is 32.1. The number of carbonyl (C=O) groups is 2. The number of benzene rings is 2. The van der Waals surface area contributed by atoms with E-state index in [9.17, 15) is 9.59 Å². The van der Waals surface area contributed by atoms with Gasteiger partial charge in [0, 0.05) is 11.4 Å². The van der Waals surface area contributed by atoms with E-state index in [2.05, 4.69) is 5.32 Å². The van der Waals surface area contributed by atoms with Crippen LogP contribution in [0.4, 0.5) is 5.69 Å². The first-order valence-electron chi connectivity index (χ1n) is 8.63. The highest BCUT2D eigenvalue weighted by Crippen LogP contribution is 2.34. The fourth-order valence-corrected chi connectivity index (χ4v) is 3.62. The topological polar surface area (TPSA) is 78.9 Å². The van der Waals surface area contributed by atoms with Gasteiger partial charge < -0.3 is 15.2 Å². The van der Waals surface area contributed by atoms with E-state index >= 15 is 0 Å². The Kier molecular flexibility index (Phi) is 5.46. The number of aromatic carboxylic acids is 1. The number of ether oxygens (including phenoxy) is 1. The second-order valence-corrected chi connectivity index (χ2v) is 6.86. The van der Waals surface area contributed by atoms with Crippen molar-refractivity contribution in [3.8, 4) is 0 Å². The third-order valence-corrected chi connectivity index (χ3v) is 4.94. The molecular formula is C21H20N2O4S. The molecule has 0 saturated carbocycles. The minimum Gasteiger partial charge on any atom is -0.478 e. The average Bonchev–Trinajstić information content (AvgIpc) is 2.67. The molecule has 1 aliphatic heterocycles. The van der Waals surface area contributed by atoms with Crippen LogP contribution in [0.1, 0.15) is 34.5 Å². The molecule has 28 heavy (non-hydrogen) atoms. The van der Waals surface area contributed by atoms with Crippen molar-refractivity contribution >= 4 is 35.0 Å². The Morgan fingerprint density at radius 2 is 1.82 bits per heavy atom. The number of hydrogen-bond acceptors (Lipinski definition) is 4. The van der Waals surface area contributed by atoms with Crippen LogP contribution in [0.25, 0.3) is 0 Å². The summed E-state index contributed by atoms with van der Waals surface area (Å²) >= 11 is 5.58. The maximum atomic E-state index is 12.6. The number of carboxylic acids is 1. The summed E-state index contributed by atoms with van der Waals surface area (Å²) in [5.41, 5.74) is 3.88. The van der Waals surface area contributed by atoms with Crippen molar-refractivity contribution < 1.29 is 19.4 Å². The van der Waals surface area contributed by atoms with Crippen LogP contribution < -0.4 is 10.2 Å². The van der Waals surface area contributed by atoms with Crippen LogP contribution >= 0.6 is 12.2 Å². The molecule has 7 heteroatoms. The number of aryl methyl sites for hydroxylation is 1. The maximum absolute atomic E-state index is 12.6. The summed E-state index contributed by atoms with van der Waals surface area (Å²) in [7, 11) is 1.33. The first-order chi connectivity index (χ1) is 13.3. The Morgan fingerprint density at radius 3 is 2.39 bits per heavy atom. The van der Waals surface area contributed by atoms with E-state index in [0.29, 0.717) is 16.4 Å². The predicted octanol–water partition coefficient (Wildman–Crippen LogP) is 3.58. The van der Waals surface area contributed by atoms with Gasteiger partial charge in [-0.2, -0.15) is 0 Å². The van der Waals surface area contributed by atoms with Crippen molar-refractivity contribution in [3.05, 3.63) is 76.5 Å². The quantitative estimate of drug-likeness (QED) is 0.604. The van der Waals surface area contributed by atoms with Crippen molar-refractivity contribution in [2.75, 3.05) is 12.0 Å². The van der Waals surface area contributed by atoms with E-state index < -0.39 is 18.0 Å². The number of nitrogens with one attached hydrogen (secondary N) is 1. The third-order valence-electron chi connectivity index (χ3n) is 4.64. The molecule has 2 aromatic carbocycles. The smallest absolute Gasteiger partial charge is 0.337 e. The van der Waals surface area contributed by atoms with Gasteiger partial charge in [-0.3, -0.25) is 4.90 Å². The van der Waals surface area contributed by atoms with E-state index in [4.69, 9.17) is 22.1 Å². The number of anilines is 1. The lowest BCUT2D eigenvalue weighted by atomic mass is 9.94. The molecule has 2 N–H and O–H groups in total. The lowest BCUT2D eigenvalue weighted by molar-refractivity contribution is -0.136. The maximum Gasteiger partial charge on any atom is 0.337 e. The van der Waals surface area contributed by atoms with Crippen LogP contribution in [0.15, 0.2) is 59.8 Å². The highest BCUT2D eigenvalue weighted by Gasteiger charge is 2.35. The van der Waals surface area contributed by atoms with Gasteiger partial charge in [0.1, 0.15) is 0 Å². The Hall–Kier alpha value is -3.19. The average molecular weight is 396 g/mol. The van der Waals surface area contributed by atoms with E-state index in [-0.39, 0.29) is 5.56 Å². The van der Waals surface area contributed by atoms with Gasteiger partial charge in [-0.1, -0.05) is 24.3 Å². The number of methoxy groups -OCH3 is 1. The van der Waals surface area contributed by atoms with Gasteiger partial charge in [-0.25, -0.2) is 9.59 Å². The Balaban J connectivity index is 2.11. The Morgan fingerprint density at radius 1 is 1.14 bits per heavy atom. The monoisotopic (exact) mass is 396 g/mol. The summed E-state index contributed by atoms with van der Waals surface area (Å²) in [4.78, 5) is 25.5. The molecule has 1 heterocycles. The molecule has 0 amide bonds. The van der Waals surface area contributed by atoms with Gasteiger partial charge in [-0.15, -0.1) is 0 Å². The zero-order valence-corrected chi connectivity index (χ0v) is 16.5. The second kappa shape index (κ2) is 7.82. The molecule has 3 rings (SSSR count). The molecule has 0 aliphatic carbocycles. The van der Waals surface area contributed by atoms with Crippen LogP contribution in [0.3, 0.4) is 0 Å². The number of rotatable bonds is 4. The molecule has 1 atom stereocenters. The Labute approximate surface area is 168 Å². The van der Waals surface area contributed by atoms with Gasteiger partial charge in [0.15, 0.2) is 5.11 Å². The predicted molar refractivity (Wildman–Crippen MR) is 110 cm³/mol. The van der Waals surface area contributed by atoms with Crippen LogP contribution in [-0.4, -0.2) is 29.3 Å². The van der Waals surface area contributed by atoms with Crippen LogP contribution in [-0.2, 0) is 9.53 Å². The summed E-state index contributed by atoms with van der Waals surface area (Å²) < 4.78 is 5.02. The first-order valence-corrected chi connectivity index (χ1v) is 9.04. The largest absolute Gasteiger partial charge is 0.478 e. The fraction of sp³-hybridized carbons (Fsp3) is 0.190. The number of carbonyl (C=O) groups excluding carboxylic acids is 1. The minimum atomic E-state index is -1.01. The van der Waals surface area contributed by atoms with Gasteiger partial charge >= 0.3 is 11.9 Å². The second-order valence-electron chi connectivity index (χ2n) is 6.47. The summed E-state index contributed by atoms with van der Waals surface area (Å²) in [6.07, 6.45) is 0. The minimum absolute atomic E-state index is 0.170. The Bertz CT molecular complexity index is 982. The van der Waals surface area contributed by atoms with Crippen molar-refractivity contribution in [2.24, 2.45) is 0 Å². The number of nitrogens with zero attached hydrogens (tertiary/aromatic N) is 1. The highest BCUT2D eigenvalue weighted by molar-refractivity contribution is 7.80. The lowest BCUT2D eigenvalue weighted by Gasteiger charge is -2.37. The zero-order chi connectivity index (χ0) is 20.4. The number of hydrogen-bond donors (Lipinski definition) is 2. The molecule has 144 valence electrons. The standard InChI is InChI=1S/C21H20N2O4S/c1-12-5-4-6-16(11-12)23-13(2)17(20(26)27-3)18(22-21(23)28)14-7-9-15(10-8-14)19(24)25/h4-11,18H,1-3H3,(H,22,28)(H,24,25)/t18-/m1/s1. The van der Waals surface area contributed by atoms with E-state index in [1.54, 1.807) is 17.0 Å². The number of allylic oxidation sites excluding steroid dienone is 1. The van der Waals surface area contributed by atoms with Gasteiger partial charge in [-0.05, 0) is 61.5 Å². The molecule has 6 nitrogen and oxygen atoms in total. The third kappa shape index (κ3) is 3.61. The van der Waals surface area contributed by atoms with Crippen LogP contribution in [0, 0.1) is 6.92 Å². The molecule has 0 unspecified atom stereocenters. The van der Waals surface area contributed by atoms with E-state index in [1.165, 1.54) is 19.2 Å². The molecule has 0 aromatic heterocycles. The molecule has 0 bridgehead atoms. The van der Waals surface area contributed by atoms with Crippen LogP contribution in [0.2, 0.25) is 0 Å². The number of carboxylic acid groups (broad SMARTS) is 1. The lowest BCUT2D eigenvalue weighted by Crippen LogP contribution is -2.48. The molecular weight excluding hydrogens is 376 g/mol. The van der Waals surface area contributed by atoms with Crippen molar-refractivity contribution in [1.29, 1.82) is 0 Å². The summed E-state index contributed by atoms with van der Waals surface area (Å²) in [5, 5.41) is 12.7. The molecule has 2 aromatic rings. The molecule has 0 spiro atoms. The van der Waals surface area contributed by atoms with Crippen molar-refractivity contribution in [2.45, 2.75) is 19.9 Å². The fourth-order valence-electron chi connectivity index (χ4n) is 3.26. The summed E-state index contributed by atoms with van der Waals surface area (Å²) in [6.45, 7) is 3.80. The number of thiocarbonyl (C=S) groups is 1. The SMILES string of the molecule is COC(=O)C1=C(C)N(c2cccc(C)c2)C(=S)N[C@@H]1c1ccc(C(=O)O)cc1. The zero-order valence-electron chi connectivity index (χ0n) is 15.7. The molecule has 0 radical (unpaired) electrons. The molecule has 0 saturated heterocycles. The van der Waals surface area contributed by atoms with Gasteiger partial charge in [0.05, 0.1) is 24.3 Å². The van der Waals surface area contributed by atoms with Crippen molar-refractivity contribution in [1.82, 2.24) is 5.32 Å². The van der Waals surface area contributed by atoms with Crippen molar-refractivity contribution in [3.63, 3.8) is 0 Å². The normalized spacial score (nSPS) is 16.6. The molecule has 1 aliphatic rings. The summed E-state index contributed by atoms with van der Waals surface area (Å²) in [6, 6.07) is 13.6. The molecule has 0 fully saturated rings. The summed E-state index contributed by atoms with van der Waals surface area (Å²) in [5.74, 6) is -1.48. The van der Waals surface area contributed by atoms with Gasteiger partial charge in [0.2, 0.25) is 0 Å². The van der Waals surface area contributed by atoms with Crippen LogP contribution in [0.5, 0.6) is 0 Å². The van der Waals surface area contributed by atoms with E-state index in [1.807, 2.05) is 38.1 Å². The number of esters is 1. The first kappa shape index (κ1) is 19.6.